The fourth-order valence-electron chi connectivity index (χ4n) is 1.95. The third kappa shape index (κ3) is 2.88. The number of aromatic nitrogens is 1. The molecule has 6 heteroatoms. The van der Waals surface area contributed by atoms with Crippen molar-refractivity contribution in [2.24, 2.45) is 5.92 Å². The maximum atomic E-state index is 10.9. The minimum atomic E-state index is -0.397. The van der Waals surface area contributed by atoms with Crippen LogP contribution < -0.4 is 10.6 Å². The Morgan fingerprint density at radius 1 is 1.44 bits per heavy atom. The number of rotatable bonds is 6. The summed E-state index contributed by atoms with van der Waals surface area (Å²) in [7, 11) is 0. The molecule has 0 radical (unpaired) electrons. The third-order valence-corrected chi connectivity index (χ3v) is 3.21. The van der Waals surface area contributed by atoms with Gasteiger partial charge in [-0.15, -0.1) is 0 Å². The topological polar surface area (TPSA) is 80.1 Å². The fourth-order valence-corrected chi connectivity index (χ4v) is 1.95. The van der Waals surface area contributed by atoms with E-state index in [-0.39, 0.29) is 5.69 Å². The number of anilines is 2. The first kappa shape index (κ1) is 12.6. The molecule has 0 amide bonds. The summed E-state index contributed by atoms with van der Waals surface area (Å²) in [6.07, 6.45) is 3.67. The van der Waals surface area contributed by atoms with Crippen molar-refractivity contribution in [1.29, 1.82) is 0 Å². The summed E-state index contributed by atoms with van der Waals surface area (Å²) < 4.78 is 0. The zero-order chi connectivity index (χ0) is 13.0. The van der Waals surface area contributed by atoms with Crippen LogP contribution in [0.5, 0.6) is 0 Å². The Hall–Kier alpha value is -1.85. The molecule has 2 N–H and O–H groups in total. The van der Waals surface area contributed by atoms with E-state index >= 15 is 0 Å². The SMILES string of the molecule is CCNc1ccc([N+](=O)[O-])c(NCC2CCC2)n1. The molecule has 2 rings (SSSR count). The average molecular weight is 250 g/mol. The molecule has 0 bridgehead atoms. The predicted octanol–water partition coefficient (Wildman–Crippen LogP) is 2.63. The Labute approximate surface area is 106 Å². The van der Waals surface area contributed by atoms with Crippen LogP contribution in [0.25, 0.3) is 0 Å². The predicted molar refractivity (Wildman–Crippen MR) is 70.9 cm³/mol. The normalized spacial score (nSPS) is 14.9. The van der Waals surface area contributed by atoms with Crippen LogP contribution in [0.1, 0.15) is 26.2 Å². The van der Waals surface area contributed by atoms with Crippen LogP contribution in [0.4, 0.5) is 17.3 Å². The maximum Gasteiger partial charge on any atom is 0.311 e. The van der Waals surface area contributed by atoms with Crippen molar-refractivity contribution in [2.45, 2.75) is 26.2 Å². The van der Waals surface area contributed by atoms with Crippen molar-refractivity contribution in [3.8, 4) is 0 Å². The van der Waals surface area contributed by atoms with Gasteiger partial charge in [0, 0.05) is 19.2 Å². The Morgan fingerprint density at radius 3 is 2.78 bits per heavy atom. The van der Waals surface area contributed by atoms with Gasteiger partial charge in [0.2, 0.25) is 5.82 Å². The van der Waals surface area contributed by atoms with Gasteiger partial charge >= 0.3 is 5.69 Å². The van der Waals surface area contributed by atoms with E-state index in [0.717, 1.165) is 13.1 Å². The van der Waals surface area contributed by atoms with Crippen LogP contribution >= 0.6 is 0 Å². The van der Waals surface area contributed by atoms with Gasteiger partial charge in [0.15, 0.2) is 0 Å². The number of hydrogen-bond donors (Lipinski definition) is 2. The van der Waals surface area contributed by atoms with Crippen molar-refractivity contribution in [1.82, 2.24) is 4.98 Å². The highest BCUT2D eigenvalue weighted by atomic mass is 16.6. The Balaban J connectivity index is 2.11. The quantitative estimate of drug-likeness (QED) is 0.599. The second-order valence-corrected chi connectivity index (χ2v) is 4.53. The molecule has 1 aromatic rings. The van der Waals surface area contributed by atoms with Gasteiger partial charge < -0.3 is 10.6 Å². The van der Waals surface area contributed by atoms with Gasteiger partial charge in [-0.25, -0.2) is 4.98 Å². The maximum absolute atomic E-state index is 10.9. The molecule has 1 aliphatic rings. The average Bonchev–Trinajstić information content (AvgIpc) is 2.27. The molecule has 1 fully saturated rings. The van der Waals surface area contributed by atoms with E-state index in [4.69, 9.17) is 0 Å². The number of nitro groups is 1. The summed E-state index contributed by atoms with van der Waals surface area (Å²) in [6.45, 7) is 3.47. The van der Waals surface area contributed by atoms with Crippen LogP contribution in [0.3, 0.4) is 0 Å². The summed E-state index contributed by atoms with van der Waals surface area (Å²) >= 11 is 0. The fraction of sp³-hybridized carbons (Fsp3) is 0.583. The molecular weight excluding hydrogens is 232 g/mol. The van der Waals surface area contributed by atoms with E-state index in [9.17, 15) is 10.1 Å². The van der Waals surface area contributed by atoms with Gasteiger partial charge in [0.05, 0.1) is 4.92 Å². The van der Waals surface area contributed by atoms with Gasteiger partial charge in [-0.05, 0) is 31.7 Å². The molecular formula is C12H18N4O2. The number of nitrogens with zero attached hydrogens (tertiary/aromatic N) is 2. The lowest BCUT2D eigenvalue weighted by atomic mass is 9.85. The van der Waals surface area contributed by atoms with Crippen molar-refractivity contribution in [3.05, 3.63) is 22.2 Å². The molecule has 1 saturated carbocycles. The summed E-state index contributed by atoms with van der Waals surface area (Å²) in [4.78, 5) is 14.8. The molecule has 0 saturated heterocycles. The standard InChI is InChI=1S/C12H18N4O2/c1-2-13-11-7-6-10(16(17)18)12(15-11)14-8-9-4-3-5-9/h6-7,9H,2-5,8H2,1H3,(H2,13,14,15). The largest absolute Gasteiger partial charge is 0.370 e. The zero-order valence-electron chi connectivity index (χ0n) is 10.5. The van der Waals surface area contributed by atoms with Crippen molar-refractivity contribution >= 4 is 17.3 Å². The van der Waals surface area contributed by atoms with E-state index in [1.54, 1.807) is 6.07 Å². The second-order valence-electron chi connectivity index (χ2n) is 4.53. The molecule has 0 aromatic carbocycles. The van der Waals surface area contributed by atoms with Gasteiger partial charge in [-0.3, -0.25) is 10.1 Å². The number of nitrogens with one attached hydrogen (secondary N) is 2. The van der Waals surface area contributed by atoms with E-state index in [2.05, 4.69) is 15.6 Å². The zero-order valence-corrected chi connectivity index (χ0v) is 10.5. The molecule has 0 aliphatic heterocycles. The monoisotopic (exact) mass is 250 g/mol. The Morgan fingerprint density at radius 2 is 2.22 bits per heavy atom. The number of hydrogen-bond acceptors (Lipinski definition) is 5. The van der Waals surface area contributed by atoms with Crippen LogP contribution in [-0.2, 0) is 0 Å². The lowest BCUT2D eigenvalue weighted by Gasteiger charge is -2.25. The third-order valence-electron chi connectivity index (χ3n) is 3.21. The lowest BCUT2D eigenvalue weighted by Crippen LogP contribution is -2.21. The van der Waals surface area contributed by atoms with Crippen molar-refractivity contribution < 1.29 is 4.92 Å². The summed E-state index contributed by atoms with van der Waals surface area (Å²) in [5.41, 5.74) is 0.0379. The molecule has 0 unspecified atom stereocenters. The molecule has 1 heterocycles. The highest BCUT2D eigenvalue weighted by molar-refractivity contribution is 5.60. The smallest absolute Gasteiger partial charge is 0.311 e. The first-order valence-corrected chi connectivity index (χ1v) is 6.34. The van der Waals surface area contributed by atoms with E-state index in [0.29, 0.717) is 17.6 Å². The molecule has 18 heavy (non-hydrogen) atoms. The summed E-state index contributed by atoms with van der Waals surface area (Å²) in [6, 6.07) is 3.13. The minimum absolute atomic E-state index is 0.0379. The second kappa shape index (κ2) is 5.66. The van der Waals surface area contributed by atoms with Gasteiger partial charge in [-0.1, -0.05) is 6.42 Å². The summed E-state index contributed by atoms with van der Waals surface area (Å²) in [5, 5.41) is 17.1. The Bertz CT molecular complexity index is 432. The van der Waals surface area contributed by atoms with E-state index < -0.39 is 4.92 Å². The number of pyridine rings is 1. The van der Waals surface area contributed by atoms with Crippen molar-refractivity contribution in [3.63, 3.8) is 0 Å². The van der Waals surface area contributed by atoms with E-state index in [1.165, 1.54) is 25.3 Å². The van der Waals surface area contributed by atoms with Crippen LogP contribution in [0.2, 0.25) is 0 Å². The van der Waals surface area contributed by atoms with Crippen LogP contribution in [0, 0.1) is 16.0 Å². The van der Waals surface area contributed by atoms with Crippen LogP contribution in [-0.4, -0.2) is 23.0 Å². The molecule has 0 atom stereocenters. The van der Waals surface area contributed by atoms with Gasteiger partial charge in [0.25, 0.3) is 0 Å². The molecule has 98 valence electrons. The first-order valence-electron chi connectivity index (χ1n) is 6.34. The van der Waals surface area contributed by atoms with E-state index in [1.807, 2.05) is 6.92 Å². The highest BCUT2D eigenvalue weighted by Crippen LogP contribution is 2.29. The highest BCUT2D eigenvalue weighted by Gasteiger charge is 2.20. The van der Waals surface area contributed by atoms with Gasteiger partial charge in [-0.2, -0.15) is 0 Å². The van der Waals surface area contributed by atoms with Gasteiger partial charge in [0.1, 0.15) is 5.82 Å². The summed E-state index contributed by atoms with van der Waals surface area (Å²) in [5.74, 6) is 1.67. The molecule has 0 spiro atoms. The first-order chi connectivity index (χ1) is 8.70. The van der Waals surface area contributed by atoms with Crippen molar-refractivity contribution in [2.75, 3.05) is 23.7 Å². The molecule has 1 aromatic heterocycles. The minimum Gasteiger partial charge on any atom is -0.370 e. The molecule has 1 aliphatic carbocycles. The Kier molecular flexibility index (Phi) is 3.96. The van der Waals surface area contributed by atoms with Crippen LogP contribution in [0.15, 0.2) is 12.1 Å². The molecule has 6 nitrogen and oxygen atoms in total. The lowest BCUT2D eigenvalue weighted by molar-refractivity contribution is -0.384.